The molecule has 1 N–H and O–H groups in total. The van der Waals surface area contributed by atoms with Crippen molar-refractivity contribution in [3.63, 3.8) is 0 Å². The highest BCUT2D eigenvalue weighted by Crippen LogP contribution is 2.29. The normalized spacial score (nSPS) is 25.4. The van der Waals surface area contributed by atoms with Crippen LogP contribution in [0.5, 0.6) is 0 Å². The maximum absolute atomic E-state index is 5.73. The maximum Gasteiger partial charge on any atom is 0.224 e. The topological polar surface area (TPSA) is 37.8 Å². The molecule has 2 unspecified atom stereocenters. The Bertz CT molecular complexity index is 343. The quantitative estimate of drug-likeness (QED) is 0.822. The first-order valence-electron chi connectivity index (χ1n) is 5.98. The Balaban J connectivity index is 1.86. The molecular weight excluding hydrogens is 222 g/mol. The van der Waals surface area contributed by atoms with Crippen LogP contribution < -0.4 is 5.32 Å². The first-order valence-corrected chi connectivity index (χ1v) is 6.36. The highest BCUT2D eigenvalue weighted by atomic mass is 35.5. The van der Waals surface area contributed by atoms with E-state index in [9.17, 15) is 0 Å². The molecule has 1 aromatic rings. The van der Waals surface area contributed by atoms with E-state index < -0.39 is 0 Å². The summed E-state index contributed by atoms with van der Waals surface area (Å²) in [4.78, 5) is 7.99. The number of anilines is 1. The Hall–Kier alpha value is -0.830. The van der Waals surface area contributed by atoms with Gasteiger partial charge in [0.15, 0.2) is 0 Å². The van der Waals surface area contributed by atoms with E-state index in [-0.39, 0.29) is 0 Å². The smallest absolute Gasteiger partial charge is 0.224 e. The summed E-state index contributed by atoms with van der Waals surface area (Å²) in [5, 5.41) is 3.66. The summed E-state index contributed by atoms with van der Waals surface area (Å²) < 4.78 is 0. The molecule has 16 heavy (non-hydrogen) atoms. The molecule has 3 nitrogen and oxygen atoms in total. The van der Waals surface area contributed by atoms with Crippen LogP contribution >= 0.6 is 11.6 Å². The van der Waals surface area contributed by atoms with Gasteiger partial charge in [0.1, 0.15) is 5.82 Å². The highest BCUT2D eigenvalue weighted by molar-refractivity contribution is 6.28. The molecule has 1 aliphatic carbocycles. The summed E-state index contributed by atoms with van der Waals surface area (Å²) in [5.41, 5.74) is 0. The zero-order valence-electron chi connectivity index (χ0n) is 9.62. The molecule has 0 bridgehead atoms. The van der Waals surface area contributed by atoms with Crippen molar-refractivity contribution < 1.29 is 0 Å². The van der Waals surface area contributed by atoms with Crippen LogP contribution in [-0.2, 0) is 0 Å². The van der Waals surface area contributed by atoms with Crippen molar-refractivity contribution in [2.24, 2.45) is 11.8 Å². The molecular formula is C12H18ClN3. The molecule has 0 aliphatic heterocycles. The number of hydrogen-bond acceptors (Lipinski definition) is 3. The van der Waals surface area contributed by atoms with Crippen molar-refractivity contribution in [2.75, 3.05) is 11.9 Å². The molecule has 0 radical (unpaired) electrons. The lowest BCUT2D eigenvalue weighted by molar-refractivity contribution is 0.268. The second kappa shape index (κ2) is 5.48. The molecule has 1 heterocycles. The number of nitrogens with zero attached hydrogens (tertiary/aromatic N) is 2. The third-order valence-corrected chi connectivity index (χ3v) is 3.64. The Kier molecular flexibility index (Phi) is 3.99. The first-order chi connectivity index (χ1) is 7.75. The molecule has 0 amide bonds. The summed E-state index contributed by atoms with van der Waals surface area (Å²) in [6.45, 7) is 3.34. The van der Waals surface area contributed by atoms with Gasteiger partial charge in [-0.3, -0.25) is 0 Å². The van der Waals surface area contributed by atoms with Gasteiger partial charge in [-0.25, -0.2) is 9.97 Å². The van der Waals surface area contributed by atoms with Crippen molar-refractivity contribution in [1.82, 2.24) is 9.97 Å². The first kappa shape index (κ1) is 11.6. The lowest BCUT2D eigenvalue weighted by atomic mass is 9.80. The Morgan fingerprint density at radius 1 is 1.44 bits per heavy atom. The largest absolute Gasteiger partial charge is 0.370 e. The van der Waals surface area contributed by atoms with Gasteiger partial charge in [0.25, 0.3) is 0 Å². The van der Waals surface area contributed by atoms with E-state index in [0.717, 1.165) is 24.2 Å². The van der Waals surface area contributed by atoms with Crippen molar-refractivity contribution in [3.8, 4) is 0 Å². The van der Waals surface area contributed by atoms with Crippen molar-refractivity contribution in [2.45, 2.75) is 32.6 Å². The van der Waals surface area contributed by atoms with Crippen LogP contribution in [0, 0.1) is 11.8 Å². The van der Waals surface area contributed by atoms with Gasteiger partial charge in [0, 0.05) is 12.7 Å². The SMILES string of the molecule is CC1CCCCC1CNc1ccnc(Cl)n1. The van der Waals surface area contributed by atoms with Gasteiger partial charge < -0.3 is 5.32 Å². The van der Waals surface area contributed by atoms with Crippen LogP contribution in [0.4, 0.5) is 5.82 Å². The number of aromatic nitrogens is 2. The van der Waals surface area contributed by atoms with Crippen LogP contribution in [0.25, 0.3) is 0 Å². The third kappa shape index (κ3) is 3.08. The van der Waals surface area contributed by atoms with Gasteiger partial charge >= 0.3 is 0 Å². The molecule has 2 rings (SSSR count). The van der Waals surface area contributed by atoms with Gasteiger partial charge in [-0.1, -0.05) is 26.2 Å². The van der Waals surface area contributed by atoms with Gasteiger partial charge in [0.2, 0.25) is 5.28 Å². The molecule has 1 fully saturated rings. The summed E-state index contributed by atoms with van der Waals surface area (Å²) in [6, 6.07) is 1.86. The second-order valence-electron chi connectivity index (χ2n) is 4.61. The Labute approximate surface area is 102 Å². The van der Waals surface area contributed by atoms with Crippen molar-refractivity contribution >= 4 is 17.4 Å². The minimum atomic E-state index is 0.307. The minimum Gasteiger partial charge on any atom is -0.370 e. The van der Waals surface area contributed by atoms with Crippen LogP contribution in [-0.4, -0.2) is 16.5 Å². The van der Waals surface area contributed by atoms with Crippen LogP contribution in [0.2, 0.25) is 5.28 Å². The average molecular weight is 240 g/mol. The molecule has 88 valence electrons. The Morgan fingerprint density at radius 3 is 3.00 bits per heavy atom. The van der Waals surface area contributed by atoms with Crippen LogP contribution in [0.1, 0.15) is 32.6 Å². The monoisotopic (exact) mass is 239 g/mol. The third-order valence-electron chi connectivity index (χ3n) is 3.46. The van der Waals surface area contributed by atoms with E-state index in [1.54, 1.807) is 6.20 Å². The zero-order valence-corrected chi connectivity index (χ0v) is 10.4. The molecule has 4 heteroatoms. The lowest BCUT2D eigenvalue weighted by Gasteiger charge is -2.28. The van der Waals surface area contributed by atoms with E-state index in [2.05, 4.69) is 22.2 Å². The molecule has 1 aliphatic rings. The number of nitrogens with one attached hydrogen (secondary N) is 1. The molecule has 1 saturated carbocycles. The summed E-state index contributed by atoms with van der Waals surface area (Å²) in [7, 11) is 0. The zero-order chi connectivity index (χ0) is 11.4. The van der Waals surface area contributed by atoms with E-state index in [1.165, 1.54) is 25.7 Å². The van der Waals surface area contributed by atoms with Gasteiger partial charge in [-0.15, -0.1) is 0 Å². The average Bonchev–Trinajstić information content (AvgIpc) is 2.28. The molecule has 0 aromatic carbocycles. The molecule has 0 saturated heterocycles. The summed E-state index contributed by atoms with van der Waals surface area (Å²) >= 11 is 5.73. The van der Waals surface area contributed by atoms with Gasteiger partial charge in [0.05, 0.1) is 0 Å². The van der Waals surface area contributed by atoms with Gasteiger partial charge in [-0.2, -0.15) is 0 Å². The fourth-order valence-corrected chi connectivity index (χ4v) is 2.51. The predicted molar refractivity (Wildman–Crippen MR) is 66.7 cm³/mol. The summed E-state index contributed by atoms with van der Waals surface area (Å²) in [5.74, 6) is 2.42. The summed E-state index contributed by atoms with van der Waals surface area (Å²) in [6.07, 6.45) is 7.12. The van der Waals surface area contributed by atoms with E-state index in [0.29, 0.717) is 5.28 Å². The molecule has 0 spiro atoms. The minimum absolute atomic E-state index is 0.307. The standard InChI is InChI=1S/C12H18ClN3/c1-9-4-2-3-5-10(9)8-15-11-6-7-14-12(13)16-11/h6-7,9-10H,2-5,8H2,1H3,(H,14,15,16). The predicted octanol–water partition coefficient (Wildman–Crippen LogP) is 3.37. The van der Waals surface area contributed by atoms with E-state index in [4.69, 9.17) is 11.6 Å². The van der Waals surface area contributed by atoms with E-state index in [1.807, 2.05) is 6.07 Å². The second-order valence-corrected chi connectivity index (χ2v) is 4.95. The fourth-order valence-electron chi connectivity index (χ4n) is 2.37. The number of halogens is 1. The fraction of sp³-hybridized carbons (Fsp3) is 0.667. The van der Waals surface area contributed by atoms with Gasteiger partial charge in [-0.05, 0) is 35.9 Å². The van der Waals surface area contributed by atoms with Crippen molar-refractivity contribution in [1.29, 1.82) is 0 Å². The number of rotatable bonds is 3. The lowest BCUT2D eigenvalue weighted by Crippen LogP contribution is -2.24. The van der Waals surface area contributed by atoms with Crippen LogP contribution in [0.3, 0.4) is 0 Å². The van der Waals surface area contributed by atoms with E-state index >= 15 is 0 Å². The molecule has 2 atom stereocenters. The Morgan fingerprint density at radius 2 is 2.25 bits per heavy atom. The van der Waals surface area contributed by atoms with Crippen molar-refractivity contribution in [3.05, 3.63) is 17.5 Å². The maximum atomic E-state index is 5.73. The highest BCUT2D eigenvalue weighted by Gasteiger charge is 2.20. The number of hydrogen-bond donors (Lipinski definition) is 1. The molecule has 1 aromatic heterocycles. The van der Waals surface area contributed by atoms with Crippen LogP contribution in [0.15, 0.2) is 12.3 Å².